The summed E-state index contributed by atoms with van der Waals surface area (Å²) in [6.07, 6.45) is 0.779. The van der Waals surface area contributed by atoms with Gasteiger partial charge in [-0.15, -0.1) is 5.10 Å². The zero-order valence-electron chi connectivity index (χ0n) is 15.4. The second kappa shape index (κ2) is 7.83. The number of methoxy groups -OCH3 is 1. The number of nitrogens with zero attached hydrogens (tertiary/aromatic N) is 5. The van der Waals surface area contributed by atoms with E-state index in [2.05, 4.69) is 15.5 Å². The Kier molecular flexibility index (Phi) is 5.50. The van der Waals surface area contributed by atoms with Crippen LogP contribution in [0.5, 0.6) is 0 Å². The molecule has 2 unspecified atom stereocenters. The molecule has 144 valence electrons. The number of carbonyl (C=O) groups is 2. The van der Waals surface area contributed by atoms with Crippen molar-refractivity contribution in [2.24, 2.45) is 5.41 Å². The average molecular weight is 373 g/mol. The molecular formula is C18H23N5O4. The summed E-state index contributed by atoms with van der Waals surface area (Å²) in [5.74, 6) is -0.601. The van der Waals surface area contributed by atoms with Crippen molar-refractivity contribution >= 4 is 11.9 Å². The summed E-state index contributed by atoms with van der Waals surface area (Å²) in [6, 6.07) is 8.98. The van der Waals surface area contributed by atoms with Crippen LogP contribution in [-0.2, 0) is 20.7 Å². The lowest BCUT2D eigenvalue weighted by Crippen LogP contribution is -2.42. The number of rotatable bonds is 7. The van der Waals surface area contributed by atoms with Gasteiger partial charge < -0.3 is 14.7 Å². The lowest BCUT2D eigenvalue weighted by atomic mass is 9.88. The van der Waals surface area contributed by atoms with Crippen LogP contribution in [0.1, 0.15) is 23.9 Å². The number of amides is 1. The Balaban J connectivity index is 1.86. The van der Waals surface area contributed by atoms with E-state index in [4.69, 9.17) is 4.74 Å². The smallest absolute Gasteiger partial charge is 0.313 e. The first-order chi connectivity index (χ1) is 13.0. The maximum atomic E-state index is 13.3. The molecule has 9 heteroatoms. The van der Waals surface area contributed by atoms with Crippen molar-refractivity contribution in [2.75, 3.05) is 26.8 Å². The van der Waals surface area contributed by atoms with Crippen LogP contribution < -0.4 is 0 Å². The normalized spacial score (nSPS) is 20.6. The molecule has 0 aliphatic carbocycles. The third-order valence-corrected chi connectivity index (χ3v) is 5.05. The second-order valence-corrected chi connectivity index (χ2v) is 6.90. The molecule has 1 fully saturated rings. The number of tetrazole rings is 1. The first kappa shape index (κ1) is 19.0. The summed E-state index contributed by atoms with van der Waals surface area (Å²) in [4.78, 5) is 26.6. The molecule has 1 aromatic carbocycles. The van der Waals surface area contributed by atoms with Crippen LogP contribution in [0.25, 0.3) is 0 Å². The van der Waals surface area contributed by atoms with E-state index < -0.39 is 17.4 Å². The molecule has 1 N–H and O–H groups in total. The first-order valence-corrected chi connectivity index (χ1v) is 8.76. The fourth-order valence-corrected chi connectivity index (χ4v) is 3.54. The van der Waals surface area contributed by atoms with Gasteiger partial charge in [-0.05, 0) is 29.3 Å². The molecule has 1 saturated heterocycles. The van der Waals surface area contributed by atoms with Crippen LogP contribution in [0.2, 0.25) is 0 Å². The molecule has 2 aromatic rings. The lowest BCUT2D eigenvalue weighted by Gasteiger charge is -2.26. The molecule has 0 spiro atoms. The van der Waals surface area contributed by atoms with E-state index in [9.17, 15) is 14.7 Å². The Morgan fingerprint density at radius 3 is 2.67 bits per heavy atom. The number of carboxylic acid groups (broad SMARTS) is 1. The Bertz CT molecular complexity index is 809. The van der Waals surface area contributed by atoms with Crippen LogP contribution in [0.15, 0.2) is 30.3 Å². The van der Waals surface area contributed by atoms with Crippen molar-refractivity contribution in [1.82, 2.24) is 25.1 Å². The quantitative estimate of drug-likeness (QED) is 0.761. The summed E-state index contributed by atoms with van der Waals surface area (Å²) >= 11 is 0. The van der Waals surface area contributed by atoms with Crippen LogP contribution >= 0.6 is 0 Å². The number of carbonyl (C=O) groups excluding carboxylic acids is 1. The highest BCUT2D eigenvalue weighted by Gasteiger charge is 2.47. The maximum Gasteiger partial charge on any atom is 0.313 e. The van der Waals surface area contributed by atoms with Crippen molar-refractivity contribution in [3.8, 4) is 0 Å². The highest BCUT2D eigenvalue weighted by Crippen LogP contribution is 2.33. The average Bonchev–Trinajstić information content (AvgIpc) is 3.28. The topological polar surface area (TPSA) is 110 Å². The van der Waals surface area contributed by atoms with Gasteiger partial charge in [0.2, 0.25) is 5.91 Å². The molecule has 9 nitrogen and oxygen atoms in total. The van der Waals surface area contributed by atoms with E-state index in [0.717, 1.165) is 5.56 Å². The molecule has 1 aliphatic heterocycles. The number of hydrogen-bond acceptors (Lipinski definition) is 6. The highest BCUT2D eigenvalue weighted by atomic mass is 16.5. The summed E-state index contributed by atoms with van der Waals surface area (Å²) in [5, 5.41) is 21.2. The highest BCUT2D eigenvalue weighted by molar-refractivity contribution is 5.83. The number of likely N-dealkylation sites (tertiary alicyclic amines) is 1. The predicted octanol–water partition coefficient (Wildman–Crippen LogP) is 0.715. The number of ether oxygens (including phenoxy) is 1. The van der Waals surface area contributed by atoms with E-state index >= 15 is 0 Å². The Morgan fingerprint density at radius 1 is 1.33 bits per heavy atom. The number of benzene rings is 1. The fraction of sp³-hybridized carbons (Fsp3) is 0.500. The van der Waals surface area contributed by atoms with Gasteiger partial charge in [0.05, 0.1) is 6.61 Å². The van der Waals surface area contributed by atoms with Gasteiger partial charge in [0.15, 0.2) is 0 Å². The summed E-state index contributed by atoms with van der Waals surface area (Å²) in [6.45, 7) is 2.28. The predicted molar refractivity (Wildman–Crippen MR) is 94.9 cm³/mol. The monoisotopic (exact) mass is 373 g/mol. The van der Waals surface area contributed by atoms with Crippen LogP contribution in [0, 0.1) is 12.3 Å². The molecule has 1 aliphatic rings. The van der Waals surface area contributed by atoms with E-state index in [1.54, 1.807) is 11.8 Å². The van der Waals surface area contributed by atoms with Crippen molar-refractivity contribution < 1.29 is 19.4 Å². The summed E-state index contributed by atoms with van der Waals surface area (Å²) in [5.41, 5.74) is -0.0940. The van der Waals surface area contributed by atoms with Gasteiger partial charge in [0, 0.05) is 26.6 Å². The maximum absolute atomic E-state index is 13.3. The minimum atomic E-state index is -1.07. The number of aliphatic carboxylic acids is 1. The summed E-state index contributed by atoms with van der Waals surface area (Å²) < 4.78 is 6.62. The number of aromatic nitrogens is 4. The van der Waals surface area contributed by atoms with E-state index in [1.807, 2.05) is 30.3 Å². The van der Waals surface area contributed by atoms with Crippen LogP contribution in [0.4, 0.5) is 0 Å². The van der Waals surface area contributed by atoms with E-state index in [0.29, 0.717) is 25.2 Å². The standard InChI is InChI=1S/C18H23N5O4/c1-13-19-20-21-23(13)15(10-14-6-4-3-5-7-14)16(24)22-9-8-18(11-22,12-27-2)17(25)26/h3-7,15H,8-12H2,1-2H3,(H,25,26). The van der Waals surface area contributed by atoms with Gasteiger partial charge in [0.25, 0.3) is 0 Å². The van der Waals surface area contributed by atoms with Gasteiger partial charge in [-0.1, -0.05) is 30.3 Å². The largest absolute Gasteiger partial charge is 0.481 e. The minimum absolute atomic E-state index is 0.0688. The van der Waals surface area contributed by atoms with Gasteiger partial charge >= 0.3 is 5.97 Å². The van der Waals surface area contributed by atoms with E-state index in [1.165, 1.54) is 11.8 Å². The van der Waals surface area contributed by atoms with Gasteiger partial charge in [-0.3, -0.25) is 9.59 Å². The number of aryl methyl sites for hydroxylation is 1. The van der Waals surface area contributed by atoms with Crippen molar-refractivity contribution in [3.05, 3.63) is 41.7 Å². The SMILES string of the molecule is COCC1(C(=O)O)CCN(C(=O)C(Cc2ccccc2)n2nnnc2C)C1. The second-order valence-electron chi connectivity index (χ2n) is 6.90. The third-order valence-electron chi connectivity index (χ3n) is 5.05. The van der Waals surface area contributed by atoms with Crippen LogP contribution in [-0.4, -0.2) is 68.9 Å². The number of hydrogen-bond donors (Lipinski definition) is 1. The number of carboxylic acids is 1. The molecule has 0 bridgehead atoms. The van der Waals surface area contributed by atoms with Gasteiger partial charge in [0.1, 0.15) is 17.3 Å². The zero-order chi connectivity index (χ0) is 19.4. The van der Waals surface area contributed by atoms with E-state index in [-0.39, 0.29) is 19.1 Å². The van der Waals surface area contributed by atoms with Crippen molar-refractivity contribution in [1.29, 1.82) is 0 Å². The lowest BCUT2D eigenvalue weighted by molar-refractivity contribution is -0.151. The Labute approximate surface area is 156 Å². The first-order valence-electron chi connectivity index (χ1n) is 8.76. The van der Waals surface area contributed by atoms with Crippen molar-refractivity contribution in [3.63, 3.8) is 0 Å². The molecule has 2 heterocycles. The molecule has 0 saturated carbocycles. The third kappa shape index (κ3) is 3.82. The van der Waals surface area contributed by atoms with Crippen LogP contribution in [0.3, 0.4) is 0 Å². The molecule has 27 heavy (non-hydrogen) atoms. The van der Waals surface area contributed by atoms with Gasteiger partial charge in [-0.25, -0.2) is 4.68 Å². The van der Waals surface area contributed by atoms with Gasteiger partial charge in [-0.2, -0.15) is 0 Å². The summed E-state index contributed by atoms with van der Waals surface area (Å²) in [7, 11) is 1.47. The Hall–Kier alpha value is -2.81. The molecular weight excluding hydrogens is 350 g/mol. The molecule has 2 atom stereocenters. The molecule has 1 aromatic heterocycles. The Morgan fingerprint density at radius 2 is 2.07 bits per heavy atom. The molecule has 3 rings (SSSR count). The zero-order valence-corrected chi connectivity index (χ0v) is 15.4. The molecule has 1 amide bonds. The fourth-order valence-electron chi connectivity index (χ4n) is 3.54. The minimum Gasteiger partial charge on any atom is -0.481 e. The molecule has 0 radical (unpaired) electrons. The van der Waals surface area contributed by atoms with Crippen molar-refractivity contribution in [2.45, 2.75) is 25.8 Å².